The van der Waals surface area contributed by atoms with Crippen molar-refractivity contribution >= 4 is 22.7 Å². The Bertz CT molecular complexity index is 1160. The predicted octanol–water partition coefficient (Wildman–Crippen LogP) is 5.32. The van der Waals surface area contributed by atoms with Crippen molar-refractivity contribution in [2.45, 2.75) is 0 Å². The van der Waals surface area contributed by atoms with Crippen molar-refractivity contribution in [3.8, 4) is 22.6 Å². The molecule has 0 saturated heterocycles. The maximum Gasteiger partial charge on any atom is 0.335 e. The van der Waals surface area contributed by atoms with E-state index < -0.39 is 17.8 Å². The number of rotatable bonds is 7. The second-order valence-electron chi connectivity index (χ2n) is 6.03. The van der Waals surface area contributed by atoms with Gasteiger partial charge in [-0.3, -0.25) is 0 Å². The van der Waals surface area contributed by atoms with Gasteiger partial charge in [0.05, 0.1) is 0 Å². The minimum atomic E-state index is -0.645. The number of ether oxygens (including phenoxy) is 3. The van der Waals surface area contributed by atoms with Crippen molar-refractivity contribution in [2.24, 2.45) is 0 Å². The maximum absolute atomic E-state index is 14.4. The third-order valence-corrected chi connectivity index (χ3v) is 4.06. The number of carbonyl (C=O) groups is 2. The minimum Gasteiger partial charge on any atom is -0.459 e. The highest BCUT2D eigenvalue weighted by Crippen LogP contribution is 2.30. The number of hydrogen-bond acceptors (Lipinski definition) is 5. The summed E-state index contributed by atoms with van der Waals surface area (Å²) in [7, 11) is 0. The third-order valence-electron chi connectivity index (χ3n) is 4.06. The third kappa shape index (κ3) is 4.99. The number of esters is 2. The van der Waals surface area contributed by atoms with E-state index in [-0.39, 0.29) is 5.75 Å². The molecule has 0 aliphatic rings. The average molecular weight is 404 g/mol. The van der Waals surface area contributed by atoms with E-state index in [2.05, 4.69) is 17.9 Å². The zero-order valence-corrected chi connectivity index (χ0v) is 15.8. The molecule has 3 aromatic rings. The lowest BCUT2D eigenvalue weighted by atomic mass is 10.0. The fourth-order valence-electron chi connectivity index (χ4n) is 2.64. The Balaban J connectivity index is 1.78. The molecule has 0 unspecified atom stereocenters. The van der Waals surface area contributed by atoms with Crippen molar-refractivity contribution in [3.63, 3.8) is 0 Å². The van der Waals surface area contributed by atoms with Gasteiger partial charge in [-0.25, -0.2) is 14.0 Å². The molecule has 0 N–H and O–H groups in total. The van der Waals surface area contributed by atoms with Gasteiger partial charge in [-0.15, -0.1) is 0 Å². The van der Waals surface area contributed by atoms with E-state index in [9.17, 15) is 14.0 Å². The smallest absolute Gasteiger partial charge is 0.335 e. The standard InChI is InChI=1S/C24H17FO5/c1-3-23(26)29-12-11-28-22-10-8-19(15-21(22)25)16-5-6-18-14-20(30-24(27)4-2)9-7-17(18)13-16/h3-15H,1-2H2/b12-11-. The Morgan fingerprint density at radius 1 is 0.800 bits per heavy atom. The van der Waals surface area contributed by atoms with Crippen LogP contribution < -0.4 is 9.47 Å². The molecule has 0 aliphatic carbocycles. The second kappa shape index (κ2) is 9.34. The Morgan fingerprint density at radius 3 is 2.20 bits per heavy atom. The molecule has 0 bridgehead atoms. The number of fused-ring (bicyclic) bond motifs is 1. The monoisotopic (exact) mass is 404 g/mol. The van der Waals surface area contributed by atoms with Gasteiger partial charge in [0, 0.05) is 12.2 Å². The van der Waals surface area contributed by atoms with Gasteiger partial charge in [0.1, 0.15) is 18.3 Å². The molecular weight excluding hydrogens is 387 g/mol. The van der Waals surface area contributed by atoms with Crippen LogP contribution in [-0.2, 0) is 14.3 Å². The van der Waals surface area contributed by atoms with Gasteiger partial charge in [-0.1, -0.05) is 37.4 Å². The Hall–Kier alpha value is -4.19. The summed E-state index contributed by atoms with van der Waals surface area (Å²) in [6.07, 6.45) is 4.16. The molecule has 0 aromatic heterocycles. The van der Waals surface area contributed by atoms with Crippen LogP contribution in [0.3, 0.4) is 0 Å². The topological polar surface area (TPSA) is 61.8 Å². The van der Waals surface area contributed by atoms with Gasteiger partial charge in [0.25, 0.3) is 0 Å². The first-order valence-corrected chi connectivity index (χ1v) is 8.83. The lowest BCUT2D eigenvalue weighted by molar-refractivity contribution is -0.132. The van der Waals surface area contributed by atoms with Crippen LogP contribution in [0.25, 0.3) is 21.9 Å². The fourth-order valence-corrected chi connectivity index (χ4v) is 2.64. The number of benzene rings is 3. The second-order valence-corrected chi connectivity index (χ2v) is 6.03. The minimum absolute atomic E-state index is 0.0147. The summed E-state index contributed by atoms with van der Waals surface area (Å²) < 4.78 is 29.2. The van der Waals surface area contributed by atoms with Gasteiger partial charge in [-0.2, -0.15) is 0 Å². The lowest BCUT2D eigenvalue weighted by Gasteiger charge is -2.08. The van der Waals surface area contributed by atoms with E-state index >= 15 is 0 Å². The van der Waals surface area contributed by atoms with Crippen molar-refractivity contribution in [2.75, 3.05) is 0 Å². The van der Waals surface area contributed by atoms with Crippen LogP contribution in [0.4, 0.5) is 4.39 Å². The summed E-state index contributed by atoms with van der Waals surface area (Å²) in [5.41, 5.74) is 1.46. The van der Waals surface area contributed by atoms with Gasteiger partial charge in [0.2, 0.25) is 0 Å². The van der Waals surface area contributed by atoms with Crippen LogP contribution in [0.1, 0.15) is 0 Å². The predicted molar refractivity (Wildman–Crippen MR) is 111 cm³/mol. The summed E-state index contributed by atoms with van der Waals surface area (Å²) in [6.45, 7) is 6.62. The molecular formula is C24H17FO5. The molecule has 0 spiro atoms. The molecule has 5 nitrogen and oxygen atoms in total. The Morgan fingerprint density at radius 2 is 1.47 bits per heavy atom. The van der Waals surface area contributed by atoms with Gasteiger partial charge >= 0.3 is 11.9 Å². The summed E-state index contributed by atoms with van der Waals surface area (Å²) in [4.78, 5) is 22.2. The summed E-state index contributed by atoms with van der Waals surface area (Å²) in [5.74, 6) is -1.34. The normalized spacial score (nSPS) is 10.6. The molecule has 6 heteroatoms. The van der Waals surface area contributed by atoms with E-state index in [1.165, 1.54) is 12.1 Å². The molecule has 3 rings (SSSR count). The maximum atomic E-state index is 14.4. The molecule has 3 aromatic carbocycles. The quantitative estimate of drug-likeness (QED) is 0.231. The van der Waals surface area contributed by atoms with Crippen molar-refractivity contribution in [1.29, 1.82) is 0 Å². The van der Waals surface area contributed by atoms with Crippen LogP contribution in [0.2, 0.25) is 0 Å². The first-order valence-electron chi connectivity index (χ1n) is 8.83. The van der Waals surface area contributed by atoms with E-state index in [1.807, 2.05) is 24.3 Å². The van der Waals surface area contributed by atoms with Gasteiger partial charge in [-0.05, 0) is 52.2 Å². The molecule has 0 atom stereocenters. The van der Waals surface area contributed by atoms with E-state index in [1.54, 1.807) is 18.2 Å². The van der Waals surface area contributed by atoms with Crippen molar-refractivity contribution < 1.29 is 28.2 Å². The van der Waals surface area contributed by atoms with Crippen LogP contribution in [0.15, 0.2) is 92.4 Å². The van der Waals surface area contributed by atoms with Crippen LogP contribution >= 0.6 is 0 Å². The number of carbonyl (C=O) groups excluding carboxylic acids is 2. The molecule has 0 amide bonds. The van der Waals surface area contributed by atoms with E-state index in [0.29, 0.717) is 11.3 Å². The number of hydrogen-bond donors (Lipinski definition) is 0. The largest absolute Gasteiger partial charge is 0.459 e. The highest BCUT2D eigenvalue weighted by Gasteiger charge is 2.08. The van der Waals surface area contributed by atoms with Gasteiger partial charge < -0.3 is 14.2 Å². The summed E-state index contributed by atoms with van der Waals surface area (Å²) in [6, 6.07) is 15.4. The van der Waals surface area contributed by atoms with Crippen molar-refractivity contribution in [3.05, 3.63) is 98.2 Å². The first-order chi connectivity index (χ1) is 14.5. The molecule has 150 valence electrons. The highest BCUT2D eigenvalue weighted by atomic mass is 19.1. The Kier molecular flexibility index (Phi) is 6.39. The molecule has 0 heterocycles. The SMILES string of the molecule is C=CC(=O)O/C=C\Oc1ccc(-c2ccc3cc(OC(=O)C=C)ccc3c2)cc1F. The zero-order chi connectivity index (χ0) is 21.5. The highest BCUT2D eigenvalue weighted by molar-refractivity contribution is 5.90. The molecule has 0 fully saturated rings. The van der Waals surface area contributed by atoms with Gasteiger partial charge in [0.15, 0.2) is 11.6 Å². The van der Waals surface area contributed by atoms with Crippen molar-refractivity contribution in [1.82, 2.24) is 0 Å². The molecule has 0 aliphatic heterocycles. The Labute approximate surface area is 172 Å². The fraction of sp³-hybridized carbons (Fsp3) is 0. The van der Waals surface area contributed by atoms with E-state index in [4.69, 9.17) is 9.47 Å². The zero-order valence-electron chi connectivity index (χ0n) is 15.8. The van der Waals surface area contributed by atoms with Crippen LogP contribution in [0, 0.1) is 5.82 Å². The van der Waals surface area contributed by atoms with Crippen LogP contribution in [-0.4, -0.2) is 11.9 Å². The number of halogens is 1. The summed E-state index contributed by atoms with van der Waals surface area (Å²) >= 11 is 0. The average Bonchev–Trinajstić information content (AvgIpc) is 2.76. The molecule has 30 heavy (non-hydrogen) atoms. The molecule has 0 radical (unpaired) electrons. The lowest BCUT2D eigenvalue weighted by Crippen LogP contribution is -2.02. The summed E-state index contributed by atoms with van der Waals surface area (Å²) in [5, 5.41) is 1.77. The first kappa shape index (κ1) is 20.5. The van der Waals surface area contributed by atoms with Crippen LogP contribution in [0.5, 0.6) is 11.5 Å². The van der Waals surface area contributed by atoms with E-state index in [0.717, 1.165) is 41.0 Å². The molecule has 0 saturated carbocycles.